The molecule has 0 radical (unpaired) electrons. The fourth-order valence-corrected chi connectivity index (χ4v) is 5.37. The van der Waals surface area contributed by atoms with Crippen molar-refractivity contribution in [1.29, 1.82) is 0 Å². The molecule has 4 rings (SSSR count). The molecular formula is C26H36FN5O3. The van der Waals surface area contributed by atoms with Crippen LogP contribution < -0.4 is 10.6 Å². The number of nitrogens with one attached hydrogen (secondary N) is 2. The molecule has 1 fully saturated rings. The summed E-state index contributed by atoms with van der Waals surface area (Å²) in [6, 6.07) is 4.36. The third-order valence-electron chi connectivity index (χ3n) is 7.29. The Morgan fingerprint density at radius 2 is 1.86 bits per heavy atom. The first-order valence-corrected chi connectivity index (χ1v) is 12.5. The van der Waals surface area contributed by atoms with E-state index >= 15 is 0 Å². The van der Waals surface area contributed by atoms with Crippen LogP contribution in [0, 0.1) is 5.82 Å². The van der Waals surface area contributed by atoms with Crippen molar-refractivity contribution in [3.05, 3.63) is 29.7 Å². The average molecular weight is 486 g/mol. The van der Waals surface area contributed by atoms with Crippen LogP contribution in [0.3, 0.4) is 0 Å². The van der Waals surface area contributed by atoms with Gasteiger partial charge in [0.05, 0.1) is 17.7 Å². The van der Waals surface area contributed by atoms with Crippen molar-refractivity contribution < 1.29 is 18.8 Å². The third kappa shape index (κ3) is 4.91. The molecule has 2 aliphatic rings. The number of amides is 3. The summed E-state index contributed by atoms with van der Waals surface area (Å²) in [5.41, 5.74) is 0.0388. The first kappa shape index (κ1) is 25.2. The molecule has 1 unspecified atom stereocenters. The molecule has 1 aromatic heterocycles. The molecule has 1 atom stereocenters. The number of benzene rings is 1. The minimum atomic E-state index is -1.14. The monoisotopic (exact) mass is 485 g/mol. The highest BCUT2D eigenvalue weighted by Crippen LogP contribution is 2.39. The maximum Gasteiger partial charge on any atom is 0.273 e. The molecule has 0 bridgehead atoms. The highest BCUT2D eigenvalue weighted by Gasteiger charge is 2.49. The summed E-state index contributed by atoms with van der Waals surface area (Å²) in [4.78, 5) is 43.4. The Hall–Kier alpha value is -2.94. The van der Waals surface area contributed by atoms with Crippen LogP contribution >= 0.6 is 0 Å². The van der Waals surface area contributed by atoms with E-state index in [9.17, 15) is 18.8 Å². The van der Waals surface area contributed by atoms with E-state index in [2.05, 4.69) is 10.6 Å². The molecule has 9 heteroatoms. The number of hydrogen-bond acceptors (Lipinski definition) is 4. The zero-order valence-corrected chi connectivity index (χ0v) is 21.1. The van der Waals surface area contributed by atoms with E-state index in [0.717, 1.165) is 25.7 Å². The van der Waals surface area contributed by atoms with E-state index in [1.54, 1.807) is 15.5 Å². The number of hydrogen-bond donors (Lipinski definition) is 2. The van der Waals surface area contributed by atoms with Crippen LogP contribution in [0.5, 0.6) is 0 Å². The molecular weight excluding hydrogens is 449 g/mol. The quantitative estimate of drug-likeness (QED) is 0.615. The summed E-state index contributed by atoms with van der Waals surface area (Å²) in [6.45, 7) is 4.29. The molecule has 2 heterocycles. The molecule has 2 aromatic rings. The number of carbonyl (C=O) groups excluding carboxylic acids is 3. The minimum Gasteiger partial charge on any atom is -0.351 e. The number of rotatable bonds is 6. The van der Waals surface area contributed by atoms with Crippen LogP contribution in [-0.4, -0.2) is 70.9 Å². The predicted molar refractivity (Wildman–Crippen MR) is 134 cm³/mol. The Bertz CT molecular complexity index is 1140. The summed E-state index contributed by atoms with van der Waals surface area (Å²) in [6.07, 6.45) is 6.41. The normalized spacial score (nSPS) is 21.2. The lowest BCUT2D eigenvalue weighted by molar-refractivity contribution is -0.133. The first-order chi connectivity index (χ1) is 16.6. The maximum absolute atomic E-state index is 14.2. The lowest BCUT2D eigenvalue weighted by Gasteiger charge is -2.45. The number of halogens is 1. The van der Waals surface area contributed by atoms with Gasteiger partial charge in [0.2, 0.25) is 11.8 Å². The Kier molecular flexibility index (Phi) is 7.17. The van der Waals surface area contributed by atoms with E-state index in [1.165, 1.54) is 31.9 Å². The van der Waals surface area contributed by atoms with Gasteiger partial charge >= 0.3 is 0 Å². The Labute approximate surface area is 205 Å². The van der Waals surface area contributed by atoms with Crippen LogP contribution in [0.25, 0.3) is 10.9 Å². The van der Waals surface area contributed by atoms with Crippen molar-refractivity contribution in [2.75, 3.05) is 32.5 Å². The van der Waals surface area contributed by atoms with Gasteiger partial charge in [0.1, 0.15) is 17.1 Å². The fourth-order valence-electron chi connectivity index (χ4n) is 5.37. The Balaban J connectivity index is 1.80. The van der Waals surface area contributed by atoms with Gasteiger partial charge in [0.15, 0.2) is 0 Å². The van der Waals surface area contributed by atoms with Gasteiger partial charge in [-0.1, -0.05) is 25.7 Å². The zero-order valence-electron chi connectivity index (χ0n) is 21.1. The molecule has 0 spiro atoms. The van der Waals surface area contributed by atoms with Gasteiger partial charge in [-0.3, -0.25) is 14.4 Å². The summed E-state index contributed by atoms with van der Waals surface area (Å²) < 4.78 is 16.0. The molecule has 190 valence electrons. The SMILES string of the molecule is CC(=O)Nc1c2n(c3ccc(F)cc13)CC(C)(C(=O)NC1CCCCCC1)N(CCN(C)C)C2=O. The fraction of sp³-hybridized carbons (Fsp3) is 0.577. The van der Waals surface area contributed by atoms with E-state index in [1.807, 2.05) is 25.9 Å². The van der Waals surface area contributed by atoms with Crippen LogP contribution in [0.15, 0.2) is 18.2 Å². The molecule has 2 N–H and O–H groups in total. The third-order valence-corrected chi connectivity index (χ3v) is 7.29. The molecule has 35 heavy (non-hydrogen) atoms. The molecule has 1 aliphatic heterocycles. The molecule has 1 aromatic carbocycles. The topological polar surface area (TPSA) is 86.7 Å². The Morgan fingerprint density at radius 3 is 2.49 bits per heavy atom. The van der Waals surface area contributed by atoms with Crippen molar-refractivity contribution in [3.8, 4) is 0 Å². The first-order valence-electron chi connectivity index (χ1n) is 12.5. The number of anilines is 1. The maximum atomic E-state index is 14.2. The highest BCUT2D eigenvalue weighted by atomic mass is 19.1. The molecule has 1 aliphatic carbocycles. The second kappa shape index (κ2) is 9.97. The van der Waals surface area contributed by atoms with Gasteiger partial charge in [-0.15, -0.1) is 0 Å². The second-order valence-electron chi connectivity index (χ2n) is 10.3. The Morgan fingerprint density at radius 1 is 1.17 bits per heavy atom. The van der Waals surface area contributed by atoms with Gasteiger partial charge in [-0.25, -0.2) is 4.39 Å². The lowest BCUT2D eigenvalue weighted by atomic mass is 9.93. The van der Waals surface area contributed by atoms with Crippen LogP contribution in [0.2, 0.25) is 0 Å². The van der Waals surface area contributed by atoms with Gasteiger partial charge < -0.3 is 25.0 Å². The molecule has 1 saturated carbocycles. The van der Waals surface area contributed by atoms with E-state index in [4.69, 9.17) is 0 Å². The summed E-state index contributed by atoms with van der Waals surface area (Å²) in [5, 5.41) is 6.44. The van der Waals surface area contributed by atoms with Crippen molar-refractivity contribution in [1.82, 2.24) is 19.7 Å². The highest BCUT2D eigenvalue weighted by molar-refractivity contribution is 6.14. The van der Waals surface area contributed by atoms with E-state index in [-0.39, 0.29) is 41.7 Å². The van der Waals surface area contributed by atoms with Crippen molar-refractivity contribution >= 4 is 34.3 Å². The average Bonchev–Trinajstić information content (AvgIpc) is 2.92. The number of carbonyl (C=O) groups is 3. The van der Waals surface area contributed by atoms with Crippen LogP contribution in [0.1, 0.15) is 62.9 Å². The standard InChI is InChI=1S/C26H36FN5O3/c1-17(33)28-22-20-15-18(27)11-12-21(20)31-16-26(2,25(35)29-19-9-7-5-6-8-10-19)32(14-13-30(3)4)24(34)23(22)31/h11-12,15,19H,5-10,13-14,16H2,1-4H3,(H,28,33)(H,29,35). The summed E-state index contributed by atoms with van der Waals surface area (Å²) in [5.74, 6) is -1.33. The number of nitrogens with zero attached hydrogens (tertiary/aromatic N) is 3. The van der Waals surface area contributed by atoms with Crippen molar-refractivity contribution in [2.45, 2.75) is 70.5 Å². The van der Waals surface area contributed by atoms with Gasteiger partial charge in [0.25, 0.3) is 5.91 Å². The van der Waals surface area contributed by atoms with Crippen molar-refractivity contribution in [2.24, 2.45) is 0 Å². The van der Waals surface area contributed by atoms with Crippen LogP contribution in [-0.2, 0) is 16.1 Å². The zero-order chi connectivity index (χ0) is 25.3. The van der Waals surface area contributed by atoms with Crippen LogP contribution in [0.4, 0.5) is 10.1 Å². The number of aromatic nitrogens is 1. The summed E-state index contributed by atoms with van der Waals surface area (Å²) >= 11 is 0. The molecule has 8 nitrogen and oxygen atoms in total. The molecule has 0 saturated heterocycles. The van der Waals surface area contributed by atoms with Gasteiger partial charge in [-0.2, -0.15) is 0 Å². The van der Waals surface area contributed by atoms with Crippen molar-refractivity contribution in [3.63, 3.8) is 0 Å². The smallest absolute Gasteiger partial charge is 0.273 e. The van der Waals surface area contributed by atoms with Gasteiger partial charge in [0, 0.05) is 31.4 Å². The van der Waals surface area contributed by atoms with E-state index in [0.29, 0.717) is 24.0 Å². The lowest BCUT2D eigenvalue weighted by Crippen LogP contribution is -2.65. The second-order valence-corrected chi connectivity index (χ2v) is 10.3. The minimum absolute atomic E-state index is 0.0967. The number of fused-ring (bicyclic) bond motifs is 3. The number of likely N-dealkylation sites (N-methyl/N-ethyl adjacent to an activating group) is 1. The largest absolute Gasteiger partial charge is 0.351 e. The summed E-state index contributed by atoms with van der Waals surface area (Å²) in [7, 11) is 3.83. The van der Waals surface area contributed by atoms with Gasteiger partial charge in [-0.05, 0) is 52.1 Å². The predicted octanol–water partition coefficient (Wildman–Crippen LogP) is 3.35. The van der Waals surface area contributed by atoms with E-state index < -0.39 is 11.4 Å². The molecule has 3 amide bonds.